The number of hydrogen-bond donors (Lipinski definition) is 1. The van der Waals surface area contributed by atoms with Gasteiger partial charge in [-0.05, 0) is 70.1 Å². The van der Waals surface area contributed by atoms with Crippen LogP contribution in [-0.2, 0) is 9.53 Å². The van der Waals surface area contributed by atoms with Crippen molar-refractivity contribution in [1.82, 2.24) is 15.1 Å². The van der Waals surface area contributed by atoms with E-state index in [0.29, 0.717) is 37.3 Å². The molecule has 3 amide bonds. The van der Waals surface area contributed by atoms with Crippen LogP contribution in [0.25, 0.3) is 0 Å². The number of carbonyl (C=O) groups is 3. The summed E-state index contributed by atoms with van der Waals surface area (Å²) in [5.74, 6) is -0.168. The summed E-state index contributed by atoms with van der Waals surface area (Å²) < 4.78 is 11.5. The van der Waals surface area contributed by atoms with E-state index in [1.165, 1.54) is 4.90 Å². The lowest BCUT2D eigenvalue weighted by molar-refractivity contribution is -0.191. The van der Waals surface area contributed by atoms with Crippen LogP contribution >= 0.6 is 0 Å². The minimum Gasteiger partial charge on any atom is -0.469 e. The number of ether oxygens (including phenoxy) is 2. The van der Waals surface area contributed by atoms with Gasteiger partial charge in [0, 0.05) is 6.54 Å². The minimum atomic E-state index is -0.786. The quantitative estimate of drug-likeness (QED) is 0.299. The number of nitrogens with one attached hydrogen (secondary N) is 1. The van der Waals surface area contributed by atoms with Crippen LogP contribution in [-0.4, -0.2) is 61.2 Å². The number of aryl methyl sites for hydroxylation is 1. The standard InChI is InChI=1S/C30H41N3O5/c1-7-10-25(22-13-11-21(4)12-14-22)31-29(36)33-27(35)30(8-2,9-3)28(33)38-24-17-15-23(16-18-24)26(34)37-20-19-32(5)6/h11-18,25,28H,7-10,19-20H2,1-6H3,(H,31,36)/t25-,28-/m0/s1. The van der Waals surface area contributed by atoms with Crippen LogP contribution in [0.2, 0.25) is 0 Å². The maximum Gasteiger partial charge on any atom is 0.338 e. The first-order valence-electron chi connectivity index (χ1n) is 13.5. The Morgan fingerprint density at radius 3 is 2.21 bits per heavy atom. The van der Waals surface area contributed by atoms with Crippen molar-refractivity contribution in [2.75, 3.05) is 27.2 Å². The molecule has 38 heavy (non-hydrogen) atoms. The number of likely N-dealkylation sites (N-methyl/N-ethyl adjacent to an activating group) is 1. The zero-order valence-corrected chi connectivity index (χ0v) is 23.5. The van der Waals surface area contributed by atoms with Crippen LogP contribution in [0.3, 0.4) is 0 Å². The summed E-state index contributed by atoms with van der Waals surface area (Å²) in [5.41, 5.74) is 1.77. The van der Waals surface area contributed by atoms with E-state index in [-0.39, 0.29) is 11.9 Å². The second kappa shape index (κ2) is 12.9. The fourth-order valence-electron chi connectivity index (χ4n) is 4.73. The first-order valence-corrected chi connectivity index (χ1v) is 13.5. The molecule has 8 nitrogen and oxygen atoms in total. The van der Waals surface area contributed by atoms with E-state index in [4.69, 9.17) is 9.47 Å². The third-order valence-corrected chi connectivity index (χ3v) is 7.30. The number of hydrogen-bond acceptors (Lipinski definition) is 6. The van der Waals surface area contributed by atoms with Crippen molar-refractivity contribution < 1.29 is 23.9 Å². The van der Waals surface area contributed by atoms with Gasteiger partial charge in [0.2, 0.25) is 5.91 Å². The monoisotopic (exact) mass is 523 g/mol. The van der Waals surface area contributed by atoms with Crippen molar-refractivity contribution in [2.45, 2.75) is 65.6 Å². The summed E-state index contributed by atoms with van der Waals surface area (Å²) in [5, 5.41) is 3.06. The lowest BCUT2D eigenvalue weighted by atomic mass is 9.72. The largest absolute Gasteiger partial charge is 0.469 e. The number of rotatable bonds is 12. The predicted octanol–water partition coefficient (Wildman–Crippen LogP) is 5.32. The van der Waals surface area contributed by atoms with Gasteiger partial charge in [0.15, 0.2) is 6.23 Å². The molecule has 1 saturated heterocycles. The second-order valence-electron chi connectivity index (χ2n) is 10.2. The first-order chi connectivity index (χ1) is 18.2. The average molecular weight is 524 g/mol. The molecule has 3 rings (SSSR count). The lowest BCUT2D eigenvalue weighted by Crippen LogP contribution is -2.73. The summed E-state index contributed by atoms with van der Waals surface area (Å²) >= 11 is 0. The van der Waals surface area contributed by atoms with Gasteiger partial charge in [0.05, 0.1) is 11.6 Å². The molecule has 0 aliphatic carbocycles. The highest BCUT2D eigenvalue weighted by atomic mass is 16.5. The Morgan fingerprint density at radius 1 is 1.03 bits per heavy atom. The van der Waals surface area contributed by atoms with Gasteiger partial charge in [0.1, 0.15) is 17.8 Å². The lowest BCUT2D eigenvalue weighted by Gasteiger charge is -2.53. The van der Waals surface area contributed by atoms with E-state index >= 15 is 0 Å². The number of carbonyl (C=O) groups excluding carboxylic acids is 3. The highest BCUT2D eigenvalue weighted by Gasteiger charge is 2.63. The minimum absolute atomic E-state index is 0.211. The molecule has 1 heterocycles. The second-order valence-corrected chi connectivity index (χ2v) is 10.2. The number of esters is 1. The predicted molar refractivity (Wildman–Crippen MR) is 147 cm³/mol. The topological polar surface area (TPSA) is 88.2 Å². The average Bonchev–Trinajstić information content (AvgIpc) is 2.89. The molecule has 8 heteroatoms. The maximum atomic E-state index is 13.4. The fraction of sp³-hybridized carbons (Fsp3) is 0.500. The Bertz CT molecular complexity index is 1090. The number of likely N-dealkylation sites (tertiary alicyclic amines) is 1. The van der Waals surface area contributed by atoms with Crippen molar-refractivity contribution in [3.63, 3.8) is 0 Å². The Hall–Kier alpha value is -3.39. The van der Waals surface area contributed by atoms with Crippen molar-refractivity contribution in [3.05, 3.63) is 65.2 Å². The van der Waals surface area contributed by atoms with Gasteiger partial charge in [-0.3, -0.25) is 4.79 Å². The van der Waals surface area contributed by atoms with Crippen LogP contribution in [0.5, 0.6) is 5.75 Å². The molecular weight excluding hydrogens is 482 g/mol. The molecule has 0 aromatic heterocycles. The van der Waals surface area contributed by atoms with Crippen molar-refractivity contribution in [1.29, 1.82) is 0 Å². The smallest absolute Gasteiger partial charge is 0.338 e. The summed E-state index contributed by atoms with van der Waals surface area (Å²) in [6.45, 7) is 8.90. The summed E-state index contributed by atoms with van der Waals surface area (Å²) in [7, 11) is 3.82. The van der Waals surface area contributed by atoms with Gasteiger partial charge in [-0.1, -0.05) is 57.0 Å². The molecular formula is C30H41N3O5. The van der Waals surface area contributed by atoms with Gasteiger partial charge >= 0.3 is 12.0 Å². The molecule has 0 bridgehead atoms. The Kier molecular flexibility index (Phi) is 9.91. The molecule has 0 spiro atoms. The van der Waals surface area contributed by atoms with Gasteiger partial charge in [-0.25, -0.2) is 14.5 Å². The van der Waals surface area contributed by atoms with E-state index in [0.717, 1.165) is 24.0 Å². The first kappa shape index (κ1) is 29.2. The van der Waals surface area contributed by atoms with E-state index in [1.807, 2.05) is 64.0 Å². The molecule has 2 atom stereocenters. The van der Waals surface area contributed by atoms with Crippen molar-refractivity contribution >= 4 is 17.9 Å². The number of β-lactam (4-membered cyclic amide) rings is 1. The number of nitrogens with zero attached hydrogens (tertiary/aromatic N) is 2. The number of amides is 3. The number of urea groups is 1. The van der Waals surface area contributed by atoms with Gasteiger partial charge in [0.25, 0.3) is 0 Å². The van der Waals surface area contributed by atoms with Crippen molar-refractivity contribution in [2.24, 2.45) is 5.41 Å². The van der Waals surface area contributed by atoms with Crippen LogP contribution in [0.1, 0.15) is 74.0 Å². The van der Waals surface area contributed by atoms with E-state index in [2.05, 4.69) is 12.2 Å². The third kappa shape index (κ3) is 6.35. The molecule has 1 N–H and O–H groups in total. The summed E-state index contributed by atoms with van der Waals surface area (Å²) in [6, 6.07) is 14.0. The van der Waals surface area contributed by atoms with Gasteiger partial charge < -0.3 is 19.7 Å². The maximum absolute atomic E-state index is 13.4. The highest BCUT2D eigenvalue weighted by molar-refractivity contribution is 6.03. The van der Waals surface area contributed by atoms with Crippen LogP contribution in [0.4, 0.5) is 4.79 Å². The van der Waals surface area contributed by atoms with Crippen LogP contribution in [0.15, 0.2) is 48.5 Å². The normalized spacial score (nSPS) is 17.1. The Labute approximate surface area is 226 Å². The molecule has 1 fully saturated rings. The zero-order chi connectivity index (χ0) is 27.9. The Balaban J connectivity index is 1.75. The molecule has 2 aromatic carbocycles. The summed E-state index contributed by atoms with van der Waals surface area (Å²) in [6.07, 6.45) is 1.97. The SMILES string of the molecule is CCC[C@H](NC(=O)N1C(=O)C(CC)(CC)[C@@H]1Oc1ccc(C(=O)OCCN(C)C)cc1)c1ccc(C)cc1. The third-order valence-electron chi connectivity index (χ3n) is 7.30. The molecule has 2 aromatic rings. The number of imide groups is 1. The molecule has 0 saturated carbocycles. The van der Waals surface area contributed by atoms with E-state index < -0.39 is 23.6 Å². The van der Waals surface area contributed by atoms with Crippen LogP contribution < -0.4 is 10.1 Å². The molecule has 206 valence electrons. The van der Waals surface area contributed by atoms with Crippen LogP contribution in [0, 0.1) is 12.3 Å². The van der Waals surface area contributed by atoms with Gasteiger partial charge in [-0.15, -0.1) is 0 Å². The fourth-order valence-corrected chi connectivity index (χ4v) is 4.73. The Morgan fingerprint density at radius 2 is 1.66 bits per heavy atom. The molecule has 0 unspecified atom stereocenters. The van der Waals surface area contributed by atoms with E-state index in [1.54, 1.807) is 24.3 Å². The highest BCUT2D eigenvalue weighted by Crippen LogP contribution is 2.46. The van der Waals surface area contributed by atoms with Crippen molar-refractivity contribution in [3.8, 4) is 5.75 Å². The summed E-state index contributed by atoms with van der Waals surface area (Å²) in [4.78, 5) is 42.2. The number of benzene rings is 2. The molecule has 1 aliphatic heterocycles. The van der Waals surface area contributed by atoms with E-state index in [9.17, 15) is 14.4 Å². The van der Waals surface area contributed by atoms with Gasteiger partial charge in [-0.2, -0.15) is 0 Å². The molecule has 0 radical (unpaired) electrons. The zero-order valence-electron chi connectivity index (χ0n) is 23.5. The molecule has 1 aliphatic rings.